The van der Waals surface area contributed by atoms with Crippen LogP contribution in [0.5, 0.6) is 11.5 Å². The third-order valence-corrected chi connectivity index (χ3v) is 22.7. The second kappa shape index (κ2) is 48.8. The summed E-state index contributed by atoms with van der Waals surface area (Å²) in [5.74, 6) is 1.65. The molecule has 2 aromatic rings. The molecule has 1 aliphatic carbocycles. The third-order valence-electron chi connectivity index (χ3n) is 22.7. The molecule has 3 rings (SSSR count). The van der Waals surface area contributed by atoms with Gasteiger partial charge in [-0.05, 0) is 201 Å². The van der Waals surface area contributed by atoms with E-state index in [1.54, 1.807) is 0 Å². The van der Waals surface area contributed by atoms with Crippen LogP contribution in [0.4, 0.5) is 0 Å². The van der Waals surface area contributed by atoms with Gasteiger partial charge in [0.2, 0.25) is 0 Å². The molecule has 0 aromatic heterocycles. The van der Waals surface area contributed by atoms with Crippen LogP contribution in [-0.2, 0) is 0 Å². The van der Waals surface area contributed by atoms with Crippen LogP contribution in [0.3, 0.4) is 0 Å². The summed E-state index contributed by atoms with van der Waals surface area (Å²) in [7, 11) is 0. The number of aryl methyl sites for hydroxylation is 2. The molecule has 1 aliphatic rings. The zero-order valence-electron chi connectivity index (χ0n) is 64.1. The Labute approximate surface area is 573 Å². The van der Waals surface area contributed by atoms with Crippen molar-refractivity contribution < 1.29 is 28.1 Å². The van der Waals surface area contributed by atoms with Gasteiger partial charge in [-0.1, -0.05) is 185 Å². The fraction of sp³-hybridized carbons (Fsp3) is 0.833. The van der Waals surface area contributed by atoms with E-state index in [9.17, 15) is 10.2 Å². The van der Waals surface area contributed by atoms with E-state index in [0.29, 0.717) is 23.3 Å². The number of rotatable bonds is 58. The van der Waals surface area contributed by atoms with Crippen molar-refractivity contribution in [3.63, 3.8) is 0 Å². The number of phenols is 2. The molecule has 1 saturated carbocycles. The highest BCUT2D eigenvalue weighted by molar-refractivity contribution is 5.86. The average molecular weight is 1280 g/mol. The molecule has 0 saturated heterocycles. The Kier molecular flexibility index (Phi) is 44.3. The van der Waals surface area contributed by atoms with Crippen molar-refractivity contribution >= 4 is 12.4 Å². The largest absolute Gasteiger partial charge is 0.507 e. The highest BCUT2D eigenvalue weighted by atomic mass is 16.3. The molecule has 0 aliphatic heterocycles. The van der Waals surface area contributed by atoms with Gasteiger partial charge in [0.25, 0.3) is 0 Å². The summed E-state index contributed by atoms with van der Waals surface area (Å²) in [5, 5.41) is 24.0. The maximum Gasteiger partial charge on any atom is 0.127 e. The number of aromatic hydroxyl groups is 2. The summed E-state index contributed by atoms with van der Waals surface area (Å²) in [5.41, 5.74) is 6.49. The summed E-state index contributed by atoms with van der Waals surface area (Å²) in [4.78, 5) is 10.9. The molecule has 92 heavy (non-hydrogen) atoms. The van der Waals surface area contributed by atoms with Gasteiger partial charge in [-0.25, -0.2) is 0 Å². The van der Waals surface area contributed by atoms with E-state index in [2.05, 4.69) is 121 Å². The van der Waals surface area contributed by atoms with Gasteiger partial charge < -0.3 is 28.1 Å². The molecule has 2 atom stereocenters. The predicted molar refractivity (Wildman–Crippen MR) is 407 cm³/mol. The smallest absolute Gasteiger partial charge is 0.127 e. The van der Waals surface area contributed by atoms with Crippen molar-refractivity contribution in [3.05, 3.63) is 57.6 Å². The fourth-order valence-corrected chi connectivity index (χ4v) is 16.4. The van der Waals surface area contributed by atoms with E-state index in [1.807, 2.05) is 12.4 Å². The summed E-state index contributed by atoms with van der Waals surface area (Å²) in [6.45, 7) is 53.8. The predicted octanol–water partition coefficient (Wildman–Crippen LogP) is 22.7. The van der Waals surface area contributed by atoms with Gasteiger partial charge >= 0.3 is 0 Å². The minimum absolute atomic E-state index is 0.0249. The van der Waals surface area contributed by atoms with Crippen molar-refractivity contribution in [1.82, 2.24) is 0 Å². The third kappa shape index (κ3) is 30.3. The SMILES string of the molecule is CCCC[N+](CCCC)(CCCC)CCCC(CCC[N+](CCCC)(CCCC)CCCC)c1cc(C)c(O)c(C=N[C@H]2CCCC[C@@H]2N=Cc2cc(C(CCC[N+](CCCC)(CCCC)CCCC)CCC[N+](CCCC)(CCCC)CCCC)cc(C)c2O)c1. The standard InChI is InChI=1S/C84H156N6O2/c1-15-27-51-87(52-28-16-2,53-29-17-3)63-41-45-75(46-42-64-88(54-30-18-4,55-31-19-5)56-32-20-6)77-67-73(13)83(91)79(69-77)71-85-81-49-39-40-50-82(81)86-72-80-70-78(68-74(14)84(80)92)76(47-43-65-89(57-33-21-7,58-34-22-8)59-35-23-9)48-44-66-90(60-36-24-10,61-37-25-11)62-38-26-12/h67-72,75-76,81-82H,15-66H2,1-14H3/q+2/p+2/t81-,82-/m0/s1. The van der Waals surface area contributed by atoms with Crippen molar-refractivity contribution in [2.24, 2.45) is 9.98 Å². The normalized spacial score (nSPS) is 15.4. The zero-order chi connectivity index (χ0) is 67.4. The second-order valence-electron chi connectivity index (χ2n) is 30.7. The monoisotopic (exact) mass is 1280 g/mol. The van der Waals surface area contributed by atoms with Crippen LogP contribution >= 0.6 is 0 Å². The van der Waals surface area contributed by atoms with Crippen LogP contribution in [0.15, 0.2) is 34.3 Å². The summed E-state index contributed by atoms with van der Waals surface area (Å²) >= 11 is 0. The van der Waals surface area contributed by atoms with Gasteiger partial charge in [0.15, 0.2) is 0 Å². The molecule has 532 valence electrons. The molecule has 0 spiro atoms. The first-order chi connectivity index (χ1) is 44.6. The van der Waals surface area contributed by atoms with Crippen LogP contribution in [0.1, 0.15) is 359 Å². The Morgan fingerprint density at radius 3 is 0.717 bits per heavy atom. The molecular weight excluding hydrogens is 1120 g/mol. The molecule has 8 nitrogen and oxygen atoms in total. The highest BCUT2D eigenvalue weighted by Crippen LogP contribution is 2.37. The van der Waals surface area contributed by atoms with Gasteiger partial charge in [0.1, 0.15) is 11.5 Å². The van der Waals surface area contributed by atoms with Crippen molar-refractivity contribution in [3.8, 4) is 11.5 Å². The van der Waals surface area contributed by atoms with Crippen LogP contribution in [0, 0.1) is 13.8 Å². The molecule has 0 unspecified atom stereocenters. The first-order valence-corrected chi connectivity index (χ1v) is 40.8. The number of aliphatic imine (C=N–C) groups is 2. The van der Waals surface area contributed by atoms with Crippen LogP contribution in [-0.4, -0.2) is 157 Å². The maximum atomic E-state index is 12.0. The molecule has 2 aromatic carbocycles. The van der Waals surface area contributed by atoms with Gasteiger partial charge in [-0.3, -0.25) is 9.98 Å². The molecule has 0 amide bonds. The summed E-state index contributed by atoms with van der Waals surface area (Å²) in [6, 6.07) is 9.45. The topological polar surface area (TPSA) is 65.2 Å². The van der Waals surface area contributed by atoms with Gasteiger partial charge in [-0.2, -0.15) is 0 Å². The average Bonchev–Trinajstić information content (AvgIpc) is 1.01. The van der Waals surface area contributed by atoms with Gasteiger partial charge in [0.05, 0.1) is 117 Å². The van der Waals surface area contributed by atoms with Crippen LogP contribution in [0.25, 0.3) is 0 Å². The fourth-order valence-electron chi connectivity index (χ4n) is 16.4. The minimum Gasteiger partial charge on any atom is -0.507 e. The summed E-state index contributed by atoms with van der Waals surface area (Å²) in [6.07, 6.45) is 49.3. The van der Waals surface area contributed by atoms with E-state index in [4.69, 9.17) is 9.98 Å². The number of hydrogen-bond donors (Lipinski definition) is 2. The molecule has 1 fully saturated rings. The molecular formula is C84H158N6O2+4. The lowest BCUT2D eigenvalue weighted by molar-refractivity contribution is -0.929. The number of unbranched alkanes of at least 4 members (excludes halogenated alkanes) is 12. The number of hydrogen-bond acceptors (Lipinski definition) is 4. The molecule has 0 bridgehead atoms. The number of benzene rings is 2. The number of quaternary nitrogens is 4. The first-order valence-electron chi connectivity index (χ1n) is 40.8. The Morgan fingerprint density at radius 1 is 0.326 bits per heavy atom. The summed E-state index contributed by atoms with van der Waals surface area (Å²) < 4.78 is 5.19. The van der Waals surface area contributed by atoms with Crippen molar-refractivity contribution in [1.29, 1.82) is 0 Å². The molecule has 0 heterocycles. The Hall–Kier alpha value is -2.78. The number of phenolic OH excluding ortho intramolecular Hbond substituents is 2. The van der Waals surface area contributed by atoms with Crippen molar-refractivity contribution in [2.45, 2.75) is 352 Å². The Morgan fingerprint density at radius 2 is 0.522 bits per heavy atom. The van der Waals surface area contributed by atoms with E-state index >= 15 is 0 Å². The van der Waals surface area contributed by atoms with Gasteiger partial charge in [0, 0.05) is 23.6 Å². The lowest BCUT2D eigenvalue weighted by atomic mass is 9.87. The van der Waals surface area contributed by atoms with Crippen molar-refractivity contribution in [2.75, 3.05) is 105 Å². The van der Waals surface area contributed by atoms with E-state index in [1.165, 1.54) is 339 Å². The maximum absolute atomic E-state index is 12.0. The quantitative estimate of drug-likeness (QED) is 0.0512. The Bertz CT molecular complexity index is 1900. The lowest BCUT2D eigenvalue weighted by Crippen LogP contribution is -2.51. The van der Waals surface area contributed by atoms with E-state index in [0.717, 1.165) is 47.9 Å². The highest BCUT2D eigenvalue weighted by Gasteiger charge is 2.32. The lowest BCUT2D eigenvalue weighted by Gasteiger charge is -2.40. The van der Waals surface area contributed by atoms with E-state index < -0.39 is 0 Å². The first kappa shape index (κ1) is 83.4. The zero-order valence-corrected chi connectivity index (χ0v) is 64.1. The Balaban J connectivity index is 2.10. The van der Waals surface area contributed by atoms with Crippen LogP contribution < -0.4 is 0 Å². The van der Waals surface area contributed by atoms with E-state index in [-0.39, 0.29) is 12.1 Å². The number of nitrogens with zero attached hydrogens (tertiary/aromatic N) is 6. The van der Waals surface area contributed by atoms with Gasteiger partial charge in [-0.15, -0.1) is 0 Å². The molecule has 0 radical (unpaired) electrons. The minimum atomic E-state index is 0.0249. The molecule has 2 N–H and O–H groups in total. The van der Waals surface area contributed by atoms with Crippen LogP contribution in [0.2, 0.25) is 0 Å². The second-order valence-corrected chi connectivity index (χ2v) is 30.7. The molecule has 8 heteroatoms.